The summed E-state index contributed by atoms with van der Waals surface area (Å²) in [6.45, 7) is 2.69. The van der Waals surface area contributed by atoms with Crippen LogP contribution in [0.5, 0.6) is 5.75 Å². The van der Waals surface area contributed by atoms with Crippen LogP contribution >= 0.6 is 0 Å². The van der Waals surface area contributed by atoms with Crippen LogP contribution in [-0.2, 0) is 10.3 Å². The molecule has 0 bridgehead atoms. The normalized spacial score (nSPS) is 21.1. The molecule has 4 aromatic rings. The van der Waals surface area contributed by atoms with Gasteiger partial charge in [-0.1, -0.05) is 79.7 Å². The Hall–Kier alpha value is -4.08. The van der Waals surface area contributed by atoms with E-state index in [1.54, 1.807) is 7.11 Å². The Morgan fingerprint density at radius 2 is 1.52 bits per heavy atom. The Kier molecular flexibility index (Phi) is 7.44. The zero-order chi connectivity index (χ0) is 28.5. The molecule has 2 N–H and O–H groups in total. The molecular formula is C31H31F2N3O4. The van der Waals surface area contributed by atoms with E-state index in [1.165, 1.54) is 26.1 Å². The third-order valence-corrected chi connectivity index (χ3v) is 7.53. The number of nitrogens with one attached hydrogen (secondary N) is 1. The third kappa shape index (κ3) is 4.76. The van der Waals surface area contributed by atoms with E-state index in [-0.39, 0.29) is 5.82 Å². The largest absolute Gasteiger partial charge is 0.497 e. The number of nitrogens with zero attached hydrogens (tertiary/aromatic N) is 2. The molecule has 7 nitrogen and oxygen atoms in total. The van der Waals surface area contributed by atoms with E-state index in [0.717, 1.165) is 21.3 Å². The Morgan fingerprint density at radius 1 is 0.975 bits per heavy atom. The van der Waals surface area contributed by atoms with Gasteiger partial charge in [0.15, 0.2) is 0 Å². The van der Waals surface area contributed by atoms with Gasteiger partial charge in [0.2, 0.25) is 6.23 Å². The van der Waals surface area contributed by atoms with Crippen LogP contribution in [0.3, 0.4) is 0 Å². The topological polar surface area (TPSA) is 85.6 Å². The van der Waals surface area contributed by atoms with E-state index in [1.807, 2.05) is 84.9 Å². The number of hydrogen-bond donors (Lipinski definition) is 2. The van der Waals surface area contributed by atoms with E-state index >= 15 is 8.78 Å². The minimum Gasteiger partial charge on any atom is -0.497 e. The van der Waals surface area contributed by atoms with Crippen molar-refractivity contribution in [2.45, 2.75) is 43.7 Å². The Bertz CT molecular complexity index is 1460. The third-order valence-electron chi connectivity index (χ3n) is 7.53. The fraction of sp³-hybridized carbons (Fsp3) is 0.290. The second kappa shape index (κ2) is 10.8. The summed E-state index contributed by atoms with van der Waals surface area (Å²) < 4.78 is 41.9. The molecule has 0 aliphatic carbocycles. The second-order valence-corrected chi connectivity index (χ2v) is 10.00. The summed E-state index contributed by atoms with van der Waals surface area (Å²) in [5.41, 5.74) is 0.683. The zero-order valence-corrected chi connectivity index (χ0v) is 22.4. The molecule has 4 atom stereocenters. The monoisotopic (exact) mass is 547 g/mol. The lowest BCUT2D eigenvalue weighted by Gasteiger charge is -2.37. The molecule has 1 aromatic heterocycles. The number of anilines is 1. The lowest BCUT2D eigenvalue weighted by molar-refractivity contribution is -0.130. The van der Waals surface area contributed by atoms with Crippen LogP contribution < -0.4 is 15.7 Å². The van der Waals surface area contributed by atoms with Gasteiger partial charge in [-0.15, -0.1) is 0 Å². The van der Waals surface area contributed by atoms with E-state index in [0.29, 0.717) is 5.75 Å². The van der Waals surface area contributed by atoms with Gasteiger partial charge < -0.3 is 19.9 Å². The number of benzene rings is 3. The summed E-state index contributed by atoms with van der Waals surface area (Å²) in [6.07, 6.45) is -2.88. The first-order valence-electron chi connectivity index (χ1n) is 13.0. The predicted octanol–water partition coefficient (Wildman–Crippen LogP) is 5.21. The summed E-state index contributed by atoms with van der Waals surface area (Å²) in [6, 6.07) is 28.4. The van der Waals surface area contributed by atoms with Crippen LogP contribution in [0.2, 0.25) is 0 Å². The van der Waals surface area contributed by atoms with Gasteiger partial charge >= 0.3 is 5.69 Å². The molecule has 1 aliphatic rings. The molecule has 2 heterocycles. The van der Waals surface area contributed by atoms with Gasteiger partial charge in [-0.3, -0.25) is 4.57 Å². The van der Waals surface area contributed by atoms with Gasteiger partial charge in [0.25, 0.3) is 5.92 Å². The summed E-state index contributed by atoms with van der Waals surface area (Å²) >= 11 is 0. The van der Waals surface area contributed by atoms with Gasteiger partial charge in [0.1, 0.15) is 17.1 Å². The van der Waals surface area contributed by atoms with Crippen LogP contribution in [0, 0.1) is 5.92 Å². The van der Waals surface area contributed by atoms with E-state index in [2.05, 4.69) is 10.3 Å². The standard InChI is InChI=1S/C31H31F2N3O4/c1-20-27(21(2)37)40-28(31(20,32)33)36-19-18-26(34-29(36)38)35-30(22-10-6-4-7-11-22,23-12-8-5-9-13-23)24-14-16-25(39-3)17-15-24/h4-21,27-28,37H,1-3H3,(H,34,35,38)/t20-,21+,27+,28-/m1/s1. The molecule has 0 amide bonds. The van der Waals surface area contributed by atoms with Crippen molar-refractivity contribution in [3.63, 3.8) is 0 Å². The number of halogens is 2. The average Bonchev–Trinajstić information content (AvgIpc) is 3.21. The van der Waals surface area contributed by atoms with Crippen molar-refractivity contribution in [1.29, 1.82) is 0 Å². The Morgan fingerprint density at radius 3 is 2.00 bits per heavy atom. The molecule has 9 heteroatoms. The smallest absolute Gasteiger partial charge is 0.351 e. The minimum absolute atomic E-state index is 0.186. The SMILES string of the molecule is COc1ccc(C(Nc2ccn([C@@H]3O[C@H]([C@H](C)O)[C@@H](C)C3(F)F)c(=O)n2)(c2ccccc2)c2ccccc2)cc1. The molecule has 40 heavy (non-hydrogen) atoms. The minimum atomic E-state index is -3.39. The van der Waals surface area contributed by atoms with Crippen molar-refractivity contribution in [3.05, 3.63) is 124 Å². The van der Waals surface area contributed by atoms with Crippen LogP contribution in [0.1, 0.15) is 36.8 Å². The lowest BCUT2D eigenvalue weighted by Crippen LogP contribution is -2.41. The maximum Gasteiger partial charge on any atom is 0.351 e. The molecule has 1 fully saturated rings. The first-order valence-corrected chi connectivity index (χ1v) is 13.0. The molecular weight excluding hydrogens is 516 g/mol. The molecule has 5 rings (SSSR count). The van der Waals surface area contributed by atoms with Gasteiger partial charge in [-0.05, 0) is 41.8 Å². The molecule has 1 saturated heterocycles. The number of rotatable bonds is 8. The van der Waals surface area contributed by atoms with E-state index < -0.39 is 41.5 Å². The molecule has 3 aromatic carbocycles. The Labute approximate surface area is 231 Å². The molecule has 208 valence electrons. The first-order chi connectivity index (χ1) is 19.2. The summed E-state index contributed by atoms with van der Waals surface area (Å²) in [5, 5.41) is 13.4. The van der Waals surface area contributed by atoms with E-state index in [4.69, 9.17) is 9.47 Å². The highest BCUT2D eigenvalue weighted by Gasteiger charge is 2.58. The number of ether oxygens (including phenoxy) is 2. The summed E-state index contributed by atoms with van der Waals surface area (Å²) in [5.74, 6) is -3.81. The highest BCUT2D eigenvalue weighted by atomic mass is 19.3. The fourth-order valence-corrected chi connectivity index (χ4v) is 5.37. The molecule has 1 aliphatic heterocycles. The van der Waals surface area contributed by atoms with Gasteiger partial charge in [0.05, 0.1) is 25.2 Å². The van der Waals surface area contributed by atoms with Gasteiger partial charge in [-0.2, -0.15) is 4.98 Å². The van der Waals surface area contributed by atoms with Crippen LogP contribution in [0.4, 0.5) is 14.6 Å². The molecule has 0 unspecified atom stereocenters. The van der Waals surface area contributed by atoms with E-state index in [9.17, 15) is 9.90 Å². The van der Waals surface area contributed by atoms with Crippen molar-refractivity contribution in [1.82, 2.24) is 9.55 Å². The number of alkyl halides is 2. The zero-order valence-electron chi connectivity index (χ0n) is 22.4. The van der Waals surface area contributed by atoms with Crippen LogP contribution in [0.25, 0.3) is 0 Å². The highest BCUT2D eigenvalue weighted by Crippen LogP contribution is 2.47. The van der Waals surface area contributed by atoms with Gasteiger partial charge in [-0.25, -0.2) is 13.6 Å². The highest BCUT2D eigenvalue weighted by molar-refractivity contribution is 5.58. The lowest BCUT2D eigenvalue weighted by atomic mass is 9.77. The van der Waals surface area contributed by atoms with Crippen molar-refractivity contribution in [2.75, 3.05) is 12.4 Å². The fourth-order valence-electron chi connectivity index (χ4n) is 5.37. The number of methoxy groups -OCH3 is 1. The first kappa shape index (κ1) is 27.5. The summed E-state index contributed by atoms with van der Waals surface area (Å²) in [7, 11) is 1.59. The second-order valence-electron chi connectivity index (χ2n) is 10.00. The van der Waals surface area contributed by atoms with Gasteiger partial charge in [0, 0.05) is 6.20 Å². The molecule has 0 radical (unpaired) electrons. The molecule has 0 spiro atoms. The maximum atomic E-state index is 15.1. The number of hydrogen-bond acceptors (Lipinski definition) is 6. The van der Waals surface area contributed by atoms with Crippen molar-refractivity contribution in [3.8, 4) is 5.75 Å². The maximum absolute atomic E-state index is 15.1. The van der Waals surface area contributed by atoms with Crippen molar-refractivity contribution in [2.24, 2.45) is 5.92 Å². The van der Waals surface area contributed by atoms with Crippen molar-refractivity contribution < 1.29 is 23.4 Å². The number of aromatic nitrogens is 2. The molecule has 0 saturated carbocycles. The van der Waals surface area contributed by atoms with Crippen LogP contribution in [-0.4, -0.2) is 39.9 Å². The van der Waals surface area contributed by atoms with Crippen LogP contribution in [0.15, 0.2) is 102 Å². The average molecular weight is 548 g/mol. The summed E-state index contributed by atoms with van der Waals surface area (Å²) in [4.78, 5) is 17.4. The predicted molar refractivity (Wildman–Crippen MR) is 148 cm³/mol. The quantitative estimate of drug-likeness (QED) is 0.295. The number of aliphatic hydroxyl groups is 1. The Balaban J connectivity index is 1.62. The van der Waals surface area contributed by atoms with Crippen molar-refractivity contribution >= 4 is 5.82 Å². The number of aliphatic hydroxyl groups excluding tert-OH is 1.